The van der Waals surface area contributed by atoms with Crippen LogP contribution in [-0.2, 0) is 21.8 Å². The van der Waals surface area contributed by atoms with E-state index in [4.69, 9.17) is 17.3 Å². The molecule has 0 saturated carbocycles. The van der Waals surface area contributed by atoms with Gasteiger partial charge in [0.1, 0.15) is 27.6 Å². The molecule has 33 heavy (non-hydrogen) atoms. The molecule has 176 valence electrons. The Labute approximate surface area is 198 Å². The van der Waals surface area contributed by atoms with Crippen LogP contribution in [0.25, 0.3) is 0 Å². The molecule has 3 atom stereocenters. The summed E-state index contributed by atoms with van der Waals surface area (Å²) in [5, 5.41) is 0.433. The number of aryl methyl sites for hydroxylation is 1. The molecule has 0 unspecified atom stereocenters. The van der Waals surface area contributed by atoms with Crippen LogP contribution in [0.1, 0.15) is 67.2 Å². The predicted octanol–water partition coefficient (Wildman–Crippen LogP) is 4.31. The zero-order chi connectivity index (χ0) is 24.4. The smallest absolute Gasteiger partial charge is 0.185 e. The molecule has 3 heterocycles. The van der Waals surface area contributed by atoms with Crippen LogP contribution in [0.4, 0.5) is 4.39 Å². The van der Waals surface area contributed by atoms with E-state index in [0.29, 0.717) is 35.4 Å². The molecule has 6 nitrogen and oxygen atoms in total. The van der Waals surface area contributed by atoms with Gasteiger partial charge in [0.2, 0.25) is 0 Å². The van der Waals surface area contributed by atoms with Gasteiger partial charge in [0.25, 0.3) is 0 Å². The Morgan fingerprint density at radius 2 is 1.91 bits per heavy atom. The maximum Gasteiger partial charge on any atom is 0.185 e. The number of hydrogen-bond donors (Lipinski definition) is 1. The average molecular weight is 492 g/mol. The third kappa shape index (κ3) is 3.25. The van der Waals surface area contributed by atoms with E-state index in [9.17, 15) is 13.2 Å². The Kier molecular flexibility index (Phi) is 5.49. The number of nitrogens with zero attached hydrogens (tertiary/aromatic N) is 2. The normalized spacial score (nSPS) is 30.5. The number of hydrogen-bond acceptors (Lipinski definition) is 6. The summed E-state index contributed by atoms with van der Waals surface area (Å²) in [7, 11) is -3.79. The SMILES string of the molecule is Cc1cc(Cl)cnc1C(=O)Cc1ccc(F)c([C@@]2(C)N=C(N)[C@@]3(C)CCC[C@]2(C)S3(=O)=O)c1. The fraction of sp³-hybridized carbons (Fsp3) is 0.458. The zero-order valence-electron chi connectivity index (χ0n) is 19.1. The topological polar surface area (TPSA) is 102 Å². The van der Waals surface area contributed by atoms with Gasteiger partial charge >= 0.3 is 0 Å². The number of aliphatic imine (C=N–C) groups is 1. The van der Waals surface area contributed by atoms with Crippen LogP contribution in [0.3, 0.4) is 0 Å². The van der Waals surface area contributed by atoms with Crippen molar-refractivity contribution in [1.82, 2.24) is 4.98 Å². The van der Waals surface area contributed by atoms with Crippen LogP contribution in [0.2, 0.25) is 5.02 Å². The number of rotatable bonds is 4. The van der Waals surface area contributed by atoms with E-state index in [1.54, 1.807) is 33.8 Å². The molecular formula is C24H27ClFN3O3S. The van der Waals surface area contributed by atoms with E-state index in [1.807, 2.05) is 0 Å². The lowest BCUT2D eigenvalue weighted by Crippen LogP contribution is -2.69. The molecular weight excluding hydrogens is 465 g/mol. The minimum atomic E-state index is -3.79. The molecule has 2 bridgehead atoms. The second-order valence-electron chi connectivity index (χ2n) is 9.62. The molecule has 0 amide bonds. The van der Waals surface area contributed by atoms with E-state index in [2.05, 4.69) is 9.98 Å². The van der Waals surface area contributed by atoms with Gasteiger partial charge in [-0.25, -0.2) is 12.8 Å². The molecule has 1 saturated heterocycles. The second-order valence-corrected chi connectivity index (χ2v) is 12.9. The molecule has 2 aromatic rings. The molecule has 0 aliphatic carbocycles. The van der Waals surface area contributed by atoms with Crippen molar-refractivity contribution in [1.29, 1.82) is 0 Å². The number of ketones is 1. The summed E-state index contributed by atoms with van der Waals surface area (Å²) < 4.78 is 40.0. The van der Waals surface area contributed by atoms with Crippen molar-refractivity contribution in [2.75, 3.05) is 0 Å². The number of amidine groups is 1. The first-order valence-electron chi connectivity index (χ1n) is 10.8. The van der Waals surface area contributed by atoms with Gasteiger partial charge in [-0.15, -0.1) is 0 Å². The Bertz CT molecular complexity index is 1310. The summed E-state index contributed by atoms with van der Waals surface area (Å²) in [5.41, 5.74) is 6.36. The number of sulfone groups is 1. The number of carbonyl (C=O) groups excluding carboxylic acids is 1. The van der Waals surface area contributed by atoms with E-state index < -0.39 is 30.7 Å². The summed E-state index contributed by atoms with van der Waals surface area (Å²) in [4.78, 5) is 21.7. The number of aromatic nitrogens is 1. The fourth-order valence-electron chi connectivity index (χ4n) is 5.28. The van der Waals surface area contributed by atoms with Gasteiger partial charge in [-0.05, 0) is 76.3 Å². The lowest BCUT2D eigenvalue weighted by molar-refractivity contribution is 0.0987. The molecule has 1 aromatic heterocycles. The predicted molar refractivity (Wildman–Crippen MR) is 127 cm³/mol. The molecule has 9 heteroatoms. The molecule has 2 aliphatic rings. The maximum atomic E-state index is 15.2. The number of benzene rings is 1. The third-order valence-corrected chi connectivity index (χ3v) is 11.2. The minimum Gasteiger partial charge on any atom is -0.386 e. The van der Waals surface area contributed by atoms with Crippen LogP contribution >= 0.6 is 11.6 Å². The van der Waals surface area contributed by atoms with Crippen LogP contribution in [0.5, 0.6) is 0 Å². The molecule has 0 radical (unpaired) electrons. The largest absolute Gasteiger partial charge is 0.386 e. The standard InChI is InChI=1S/C24H27ClFN3O3S/c1-14-10-16(25)13-28-20(14)19(30)12-15-6-7-18(26)17(11-15)24(4)23(3)9-5-8-22(2,21(27)29-24)33(23,31)32/h6-7,10-11,13H,5,8-9,12H2,1-4H3,(H2,27,29)/t22-,23+,24-/m1/s1. The summed E-state index contributed by atoms with van der Waals surface area (Å²) in [6, 6.07) is 5.96. The van der Waals surface area contributed by atoms with Gasteiger partial charge in [0, 0.05) is 18.2 Å². The van der Waals surface area contributed by atoms with E-state index in [1.165, 1.54) is 24.4 Å². The molecule has 1 aromatic carbocycles. The first kappa shape index (κ1) is 23.8. The van der Waals surface area contributed by atoms with Crippen molar-refractivity contribution in [3.63, 3.8) is 0 Å². The van der Waals surface area contributed by atoms with Crippen molar-refractivity contribution in [3.8, 4) is 0 Å². The summed E-state index contributed by atoms with van der Waals surface area (Å²) >= 11 is 5.93. The van der Waals surface area contributed by atoms with Crippen LogP contribution in [0.15, 0.2) is 35.5 Å². The Morgan fingerprint density at radius 3 is 2.58 bits per heavy atom. The number of Topliss-reactive ketones (excluding diaryl/α,β-unsaturated/α-hetero) is 1. The molecule has 0 spiro atoms. The van der Waals surface area contributed by atoms with Gasteiger partial charge in [0.05, 0.1) is 9.77 Å². The van der Waals surface area contributed by atoms with Crippen molar-refractivity contribution in [2.24, 2.45) is 10.7 Å². The van der Waals surface area contributed by atoms with Gasteiger partial charge in [-0.2, -0.15) is 0 Å². The highest BCUT2D eigenvalue weighted by Crippen LogP contribution is 2.56. The molecule has 2 aliphatic heterocycles. The monoisotopic (exact) mass is 491 g/mol. The van der Waals surface area contributed by atoms with Crippen molar-refractivity contribution >= 4 is 33.1 Å². The highest BCUT2D eigenvalue weighted by atomic mass is 35.5. The van der Waals surface area contributed by atoms with E-state index in [-0.39, 0.29) is 29.3 Å². The number of halogens is 2. The lowest BCUT2D eigenvalue weighted by atomic mass is 9.74. The highest BCUT2D eigenvalue weighted by Gasteiger charge is 2.67. The van der Waals surface area contributed by atoms with Crippen molar-refractivity contribution < 1.29 is 17.6 Å². The quantitative estimate of drug-likeness (QED) is 0.642. The minimum absolute atomic E-state index is 0.00374. The summed E-state index contributed by atoms with van der Waals surface area (Å²) in [6.07, 6.45) is 2.75. The first-order chi connectivity index (χ1) is 15.3. The number of pyridine rings is 1. The maximum absolute atomic E-state index is 15.2. The Hall–Kier alpha value is -2.32. The number of fused-ring (bicyclic) bond motifs is 2. The fourth-order valence-corrected chi connectivity index (χ4v) is 8.31. The Morgan fingerprint density at radius 1 is 1.21 bits per heavy atom. The van der Waals surface area contributed by atoms with Crippen LogP contribution < -0.4 is 5.73 Å². The van der Waals surface area contributed by atoms with Gasteiger partial charge in [0.15, 0.2) is 15.6 Å². The van der Waals surface area contributed by atoms with Crippen LogP contribution in [-0.4, -0.2) is 34.5 Å². The number of nitrogens with two attached hydrogens (primary N) is 1. The summed E-state index contributed by atoms with van der Waals surface area (Å²) in [5.74, 6) is -0.830. The average Bonchev–Trinajstić information content (AvgIpc) is 2.72. The van der Waals surface area contributed by atoms with Gasteiger partial charge < -0.3 is 5.73 Å². The van der Waals surface area contributed by atoms with E-state index in [0.717, 1.165) is 0 Å². The molecule has 1 fully saturated rings. The Balaban J connectivity index is 1.81. The molecule has 4 rings (SSSR count). The third-order valence-electron chi connectivity index (χ3n) is 7.64. The highest BCUT2D eigenvalue weighted by molar-refractivity contribution is 7.95. The van der Waals surface area contributed by atoms with Gasteiger partial charge in [-0.3, -0.25) is 14.8 Å². The van der Waals surface area contributed by atoms with Crippen LogP contribution in [0, 0.1) is 12.7 Å². The van der Waals surface area contributed by atoms with Gasteiger partial charge in [-0.1, -0.05) is 17.7 Å². The molecule has 2 N–H and O–H groups in total. The first-order valence-corrected chi connectivity index (χ1v) is 12.7. The summed E-state index contributed by atoms with van der Waals surface area (Å²) in [6.45, 7) is 6.60. The lowest BCUT2D eigenvalue weighted by Gasteiger charge is -2.55. The van der Waals surface area contributed by atoms with E-state index >= 15 is 4.39 Å². The zero-order valence-corrected chi connectivity index (χ0v) is 20.6. The van der Waals surface area contributed by atoms with Crippen molar-refractivity contribution in [3.05, 3.63) is 63.7 Å². The number of carbonyl (C=O) groups is 1. The second kappa shape index (κ2) is 7.60. The van der Waals surface area contributed by atoms with Crippen molar-refractivity contribution in [2.45, 2.75) is 68.4 Å².